The Labute approximate surface area is 158 Å². The third kappa shape index (κ3) is 3.64. The molecule has 0 fully saturated rings. The van der Waals surface area contributed by atoms with Crippen LogP contribution in [0.1, 0.15) is 20.7 Å². The molecule has 24 heavy (non-hydrogen) atoms. The van der Waals surface area contributed by atoms with Crippen molar-refractivity contribution in [2.24, 2.45) is 0 Å². The Morgan fingerprint density at radius 1 is 1.12 bits per heavy atom. The third-order valence-corrected chi connectivity index (χ3v) is 4.97. The normalized spacial score (nSPS) is 10.2. The predicted octanol–water partition coefficient (Wildman–Crippen LogP) is 4.02. The van der Waals surface area contributed by atoms with E-state index < -0.39 is 5.97 Å². The second-order valence-corrected chi connectivity index (χ2v) is 6.41. The van der Waals surface area contributed by atoms with Gasteiger partial charge in [-0.3, -0.25) is 4.79 Å². The number of halogens is 2. The monoisotopic (exact) mass is 459 g/mol. The van der Waals surface area contributed by atoms with Crippen molar-refractivity contribution >= 4 is 51.8 Å². The van der Waals surface area contributed by atoms with Gasteiger partial charge in [0.05, 0.1) is 36.1 Å². The minimum Gasteiger partial charge on any atom is -0.496 e. The maximum atomic E-state index is 12.9. The molecule has 0 saturated carbocycles. The Morgan fingerprint density at radius 2 is 1.79 bits per heavy atom. The van der Waals surface area contributed by atoms with Crippen molar-refractivity contribution < 1.29 is 19.1 Å². The third-order valence-electron chi connectivity index (χ3n) is 3.45. The molecule has 1 amide bonds. The number of methoxy groups -OCH3 is 2. The summed E-state index contributed by atoms with van der Waals surface area (Å²) in [6.07, 6.45) is 0. The zero-order valence-corrected chi connectivity index (χ0v) is 16.2. The first-order valence-corrected chi connectivity index (χ1v) is 8.34. The minimum atomic E-state index is -0.516. The number of para-hydroxylation sites is 1. The zero-order valence-electron chi connectivity index (χ0n) is 13.3. The molecular weight excluding hydrogens is 445 g/mol. The second kappa shape index (κ2) is 7.85. The lowest BCUT2D eigenvalue weighted by atomic mass is 10.1. The number of anilines is 1. The van der Waals surface area contributed by atoms with Crippen LogP contribution in [0.3, 0.4) is 0 Å². The average Bonchev–Trinajstić information content (AvgIpc) is 2.61. The maximum Gasteiger partial charge on any atom is 0.339 e. The highest BCUT2D eigenvalue weighted by Gasteiger charge is 2.23. The fourth-order valence-electron chi connectivity index (χ4n) is 2.20. The van der Waals surface area contributed by atoms with Crippen LogP contribution in [0.2, 0.25) is 5.02 Å². The van der Waals surface area contributed by atoms with E-state index in [1.807, 2.05) is 0 Å². The molecule has 0 N–H and O–H groups in total. The number of amides is 1. The summed E-state index contributed by atoms with van der Waals surface area (Å²) in [4.78, 5) is 26.2. The first-order valence-electron chi connectivity index (χ1n) is 6.89. The number of esters is 1. The number of rotatable bonds is 4. The Morgan fingerprint density at radius 3 is 2.42 bits per heavy atom. The van der Waals surface area contributed by atoms with Crippen molar-refractivity contribution in [2.75, 3.05) is 26.2 Å². The zero-order chi connectivity index (χ0) is 17.9. The summed E-state index contributed by atoms with van der Waals surface area (Å²) in [5, 5.41) is 0.453. The first kappa shape index (κ1) is 18.5. The van der Waals surface area contributed by atoms with Crippen LogP contribution in [-0.4, -0.2) is 33.1 Å². The molecule has 0 aliphatic rings. The van der Waals surface area contributed by atoms with Crippen LogP contribution < -0.4 is 9.64 Å². The molecule has 0 aliphatic carbocycles. The maximum absolute atomic E-state index is 12.9. The highest BCUT2D eigenvalue weighted by Crippen LogP contribution is 2.30. The second-order valence-electron chi connectivity index (χ2n) is 4.84. The van der Waals surface area contributed by atoms with Gasteiger partial charge in [-0.2, -0.15) is 0 Å². The minimum absolute atomic E-state index is 0.298. The quantitative estimate of drug-likeness (QED) is 0.512. The molecule has 0 aliphatic heterocycles. The number of hydrogen-bond acceptors (Lipinski definition) is 4. The molecule has 5 nitrogen and oxygen atoms in total. The number of ether oxygens (including phenoxy) is 2. The average molecular weight is 460 g/mol. The van der Waals surface area contributed by atoms with Gasteiger partial charge >= 0.3 is 5.97 Å². The van der Waals surface area contributed by atoms with Crippen LogP contribution in [0.15, 0.2) is 36.4 Å². The summed E-state index contributed by atoms with van der Waals surface area (Å²) in [5.41, 5.74) is 1.04. The van der Waals surface area contributed by atoms with E-state index in [-0.39, 0.29) is 5.91 Å². The van der Waals surface area contributed by atoms with Crippen molar-refractivity contribution in [1.29, 1.82) is 0 Å². The molecule has 0 atom stereocenters. The predicted molar refractivity (Wildman–Crippen MR) is 101 cm³/mol. The lowest BCUT2D eigenvalue weighted by molar-refractivity contribution is 0.0601. The highest BCUT2D eigenvalue weighted by atomic mass is 127. The molecule has 0 saturated heterocycles. The molecule has 0 spiro atoms. The van der Waals surface area contributed by atoms with Crippen LogP contribution in [0.4, 0.5) is 5.69 Å². The number of nitrogens with zero attached hydrogens (tertiary/aromatic N) is 1. The molecule has 126 valence electrons. The van der Waals surface area contributed by atoms with Gasteiger partial charge in [0.25, 0.3) is 5.91 Å². The van der Waals surface area contributed by atoms with E-state index in [1.165, 1.54) is 19.1 Å². The molecule has 7 heteroatoms. The summed E-state index contributed by atoms with van der Waals surface area (Å²) >= 11 is 8.20. The van der Waals surface area contributed by atoms with E-state index >= 15 is 0 Å². The van der Waals surface area contributed by atoms with Gasteiger partial charge in [0, 0.05) is 10.6 Å². The number of hydrogen-bond donors (Lipinski definition) is 0. The fourth-order valence-corrected chi connectivity index (χ4v) is 2.81. The van der Waals surface area contributed by atoms with Crippen LogP contribution in [0.25, 0.3) is 0 Å². The fraction of sp³-hybridized carbons (Fsp3) is 0.176. The Hall–Kier alpha value is -1.80. The molecule has 0 unspecified atom stereocenters. The summed E-state index contributed by atoms with van der Waals surface area (Å²) in [6.45, 7) is 0. The largest absolute Gasteiger partial charge is 0.496 e. The molecule has 0 aromatic heterocycles. The van der Waals surface area contributed by atoms with Crippen LogP contribution in [0.5, 0.6) is 5.75 Å². The van der Waals surface area contributed by atoms with Gasteiger partial charge in [0.1, 0.15) is 5.75 Å². The van der Waals surface area contributed by atoms with E-state index in [9.17, 15) is 9.59 Å². The molecule has 0 heterocycles. The van der Waals surface area contributed by atoms with E-state index in [0.29, 0.717) is 27.6 Å². The molecule has 0 radical (unpaired) electrons. The number of carbonyl (C=O) groups is 2. The van der Waals surface area contributed by atoms with Crippen molar-refractivity contribution in [1.82, 2.24) is 0 Å². The SMILES string of the molecule is COC(=O)c1ccccc1N(C)C(=O)c1cc(Cl)c(I)cc1OC. The van der Waals surface area contributed by atoms with Gasteiger partial charge in [-0.15, -0.1) is 0 Å². The van der Waals surface area contributed by atoms with Crippen molar-refractivity contribution in [2.45, 2.75) is 0 Å². The van der Waals surface area contributed by atoms with Gasteiger partial charge in [0.15, 0.2) is 0 Å². The lowest BCUT2D eigenvalue weighted by Crippen LogP contribution is -2.28. The van der Waals surface area contributed by atoms with Crippen LogP contribution in [0, 0.1) is 3.57 Å². The van der Waals surface area contributed by atoms with Crippen LogP contribution in [-0.2, 0) is 4.74 Å². The van der Waals surface area contributed by atoms with Crippen molar-refractivity contribution in [3.8, 4) is 5.75 Å². The summed E-state index contributed by atoms with van der Waals surface area (Å²) in [5.74, 6) is -0.449. The highest BCUT2D eigenvalue weighted by molar-refractivity contribution is 14.1. The van der Waals surface area contributed by atoms with E-state index in [2.05, 4.69) is 22.6 Å². The summed E-state index contributed by atoms with van der Waals surface area (Å²) in [7, 11) is 4.36. The van der Waals surface area contributed by atoms with Gasteiger partial charge in [-0.25, -0.2) is 4.79 Å². The number of benzene rings is 2. The standard InChI is InChI=1S/C17H15ClINO4/c1-20(14-7-5-4-6-10(14)17(22)24-3)16(21)11-8-12(18)13(19)9-15(11)23-2/h4-9H,1-3H3. The van der Waals surface area contributed by atoms with Gasteiger partial charge in [0.2, 0.25) is 0 Å². The molecule has 0 bridgehead atoms. The number of carbonyl (C=O) groups excluding carboxylic acids is 2. The topological polar surface area (TPSA) is 55.8 Å². The van der Waals surface area contributed by atoms with Crippen molar-refractivity contribution in [3.05, 3.63) is 56.1 Å². The smallest absolute Gasteiger partial charge is 0.339 e. The Kier molecular flexibility index (Phi) is 6.06. The molecule has 2 aromatic rings. The van der Waals surface area contributed by atoms with Crippen molar-refractivity contribution in [3.63, 3.8) is 0 Å². The summed E-state index contributed by atoms with van der Waals surface area (Å²) in [6, 6.07) is 9.96. The Bertz CT molecular complexity index is 794. The Balaban J connectivity index is 2.48. The first-order chi connectivity index (χ1) is 11.4. The summed E-state index contributed by atoms with van der Waals surface area (Å²) < 4.78 is 10.8. The molecular formula is C17H15ClINO4. The molecule has 2 aromatic carbocycles. The van der Waals surface area contributed by atoms with Crippen LogP contribution >= 0.6 is 34.2 Å². The van der Waals surface area contributed by atoms with E-state index in [1.54, 1.807) is 43.4 Å². The van der Waals surface area contributed by atoms with E-state index in [4.69, 9.17) is 21.1 Å². The lowest BCUT2D eigenvalue weighted by Gasteiger charge is -2.21. The molecule has 2 rings (SSSR count). The van der Waals surface area contributed by atoms with E-state index in [0.717, 1.165) is 3.57 Å². The van der Waals surface area contributed by atoms with Gasteiger partial charge in [-0.05, 0) is 46.9 Å². The van der Waals surface area contributed by atoms with Gasteiger partial charge < -0.3 is 14.4 Å². The van der Waals surface area contributed by atoms with Gasteiger partial charge in [-0.1, -0.05) is 23.7 Å².